The number of hydrogen-bond donors (Lipinski definition) is 0. The van der Waals surface area contributed by atoms with Gasteiger partial charge in [-0.2, -0.15) is 0 Å². The van der Waals surface area contributed by atoms with Crippen molar-refractivity contribution >= 4 is 62.7 Å². The van der Waals surface area contributed by atoms with Crippen molar-refractivity contribution in [3.05, 3.63) is 73.0 Å². The van der Waals surface area contributed by atoms with Gasteiger partial charge in [-0.15, -0.1) is 0 Å². The minimum absolute atomic E-state index is 0.190. The molecule has 2 aromatic carbocycles. The van der Waals surface area contributed by atoms with Gasteiger partial charge in [0.25, 0.3) is 11.6 Å². The average molecular weight is 441 g/mol. The van der Waals surface area contributed by atoms with Crippen LogP contribution in [0.2, 0.25) is 0 Å². The Kier molecular flexibility index (Phi) is 4.83. The number of amides is 1. The van der Waals surface area contributed by atoms with Crippen LogP contribution < -0.4 is 10.6 Å². The zero-order valence-corrected chi connectivity index (χ0v) is 17.9. The first-order valence-corrected chi connectivity index (χ1v) is 10.1. The number of nitro groups is 1. The van der Waals surface area contributed by atoms with Crippen LogP contribution in [0.3, 0.4) is 0 Å². The molecule has 1 aromatic heterocycles. The van der Waals surface area contributed by atoms with E-state index in [1.165, 1.54) is 26.2 Å². The maximum absolute atomic E-state index is 13.0. The van der Waals surface area contributed by atoms with Gasteiger partial charge in [0.15, 0.2) is 4.32 Å². The lowest BCUT2D eigenvalue weighted by molar-refractivity contribution is -0.385. The van der Waals surface area contributed by atoms with Crippen LogP contribution in [0.25, 0.3) is 17.1 Å². The second-order valence-electron chi connectivity index (χ2n) is 6.91. The molecule has 3 aromatic rings. The zero-order chi connectivity index (χ0) is 21.7. The molecule has 0 atom stereocenters. The number of anilines is 1. The van der Waals surface area contributed by atoms with Gasteiger partial charge in [-0.05, 0) is 31.2 Å². The van der Waals surface area contributed by atoms with E-state index in [1.807, 2.05) is 19.1 Å². The van der Waals surface area contributed by atoms with Crippen molar-refractivity contribution in [3.8, 4) is 0 Å². The molecule has 0 unspecified atom stereocenters. The lowest BCUT2D eigenvalue weighted by Crippen LogP contribution is -2.27. The van der Waals surface area contributed by atoms with Crippen LogP contribution in [0.4, 0.5) is 11.4 Å². The summed E-state index contributed by atoms with van der Waals surface area (Å²) in [6, 6.07) is 10.3. The molecule has 1 aliphatic rings. The minimum atomic E-state index is -0.524. The van der Waals surface area contributed by atoms with Crippen LogP contribution in [0.1, 0.15) is 11.1 Å². The Morgan fingerprint density at radius 2 is 1.67 bits per heavy atom. The Morgan fingerprint density at radius 3 is 2.27 bits per heavy atom. The van der Waals surface area contributed by atoms with Crippen LogP contribution >= 0.6 is 24.0 Å². The van der Waals surface area contributed by atoms with Crippen molar-refractivity contribution in [2.75, 3.05) is 4.90 Å². The molecular formula is C20H16N4O4S2. The number of aryl methyl sites for hydroxylation is 3. The van der Waals surface area contributed by atoms with Crippen LogP contribution in [0, 0.1) is 17.0 Å². The highest BCUT2D eigenvalue weighted by Gasteiger charge is 2.34. The fourth-order valence-electron chi connectivity index (χ4n) is 3.35. The van der Waals surface area contributed by atoms with Gasteiger partial charge in [-0.3, -0.25) is 28.9 Å². The van der Waals surface area contributed by atoms with Gasteiger partial charge in [0.2, 0.25) is 0 Å². The van der Waals surface area contributed by atoms with E-state index in [0.717, 1.165) is 17.3 Å². The van der Waals surface area contributed by atoms with E-state index in [9.17, 15) is 19.7 Å². The van der Waals surface area contributed by atoms with Crippen molar-refractivity contribution in [2.45, 2.75) is 6.92 Å². The second-order valence-corrected chi connectivity index (χ2v) is 8.59. The van der Waals surface area contributed by atoms with E-state index >= 15 is 0 Å². The minimum Gasteiger partial charge on any atom is -0.295 e. The highest BCUT2D eigenvalue weighted by Crippen LogP contribution is 2.37. The number of thioether (sulfide) groups is 1. The molecule has 0 N–H and O–H groups in total. The van der Waals surface area contributed by atoms with Gasteiger partial charge < -0.3 is 0 Å². The number of fused-ring (bicyclic) bond motifs is 1. The van der Waals surface area contributed by atoms with Gasteiger partial charge in [0.1, 0.15) is 0 Å². The van der Waals surface area contributed by atoms with E-state index in [4.69, 9.17) is 12.2 Å². The molecule has 2 heterocycles. The quantitative estimate of drug-likeness (QED) is 0.268. The molecule has 1 aliphatic heterocycles. The number of rotatable bonds is 3. The van der Waals surface area contributed by atoms with Crippen LogP contribution in [-0.4, -0.2) is 24.3 Å². The number of nitrogens with zero attached hydrogens (tertiary/aromatic N) is 4. The topological polar surface area (TPSA) is 90.4 Å². The molecule has 10 heteroatoms. The van der Waals surface area contributed by atoms with Crippen LogP contribution in [0.15, 0.2) is 46.1 Å². The number of nitro benzene ring substituents is 1. The molecule has 30 heavy (non-hydrogen) atoms. The summed E-state index contributed by atoms with van der Waals surface area (Å²) < 4.78 is 3.11. The average Bonchev–Trinajstić information content (AvgIpc) is 3.10. The summed E-state index contributed by atoms with van der Waals surface area (Å²) in [4.78, 5) is 38.0. The summed E-state index contributed by atoms with van der Waals surface area (Å²) in [6.45, 7) is 1.94. The summed E-state index contributed by atoms with van der Waals surface area (Å²) in [5.41, 5.74) is 2.43. The third-order valence-electron chi connectivity index (χ3n) is 4.99. The van der Waals surface area contributed by atoms with Crippen molar-refractivity contribution in [2.24, 2.45) is 14.1 Å². The van der Waals surface area contributed by atoms with Gasteiger partial charge in [-0.1, -0.05) is 41.7 Å². The fraction of sp³-hybridized carbons (Fsp3) is 0.150. The predicted molar refractivity (Wildman–Crippen MR) is 122 cm³/mol. The van der Waals surface area contributed by atoms with Crippen LogP contribution in [0.5, 0.6) is 0 Å². The molecule has 0 radical (unpaired) electrons. The highest BCUT2D eigenvalue weighted by atomic mass is 32.2. The van der Waals surface area contributed by atoms with Gasteiger partial charge in [-0.25, -0.2) is 4.79 Å². The Labute approximate surface area is 180 Å². The maximum atomic E-state index is 13.0. The number of thiocarbonyl (C=S) groups is 1. The van der Waals surface area contributed by atoms with Crippen molar-refractivity contribution in [3.63, 3.8) is 0 Å². The first-order valence-electron chi connectivity index (χ1n) is 8.87. The molecule has 0 saturated carbocycles. The molecule has 1 saturated heterocycles. The third-order valence-corrected chi connectivity index (χ3v) is 6.29. The van der Waals surface area contributed by atoms with E-state index in [2.05, 4.69) is 0 Å². The number of benzene rings is 2. The summed E-state index contributed by atoms with van der Waals surface area (Å²) in [7, 11) is 3.15. The summed E-state index contributed by atoms with van der Waals surface area (Å²) >= 11 is 6.46. The summed E-state index contributed by atoms with van der Waals surface area (Å²) in [5.74, 6) is -0.342. The largest absolute Gasteiger partial charge is 0.328 e. The van der Waals surface area contributed by atoms with Crippen LogP contribution in [-0.2, 0) is 18.9 Å². The van der Waals surface area contributed by atoms with Gasteiger partial charge in [0.05, 0.1) is 32.1 Å². The Bertz CT molecular complexity index is 1340. The molecule has 1 fully saturated rings. The van der Waals surface area contributed by atoms with Crippen molar-refractivity contribution in [1.82, 2.24) is 9.13 Å². The lowest BCUT2D eigenvalue weighted by atomic mass is 10.1. The molecule has 152 valence electrons. The Balaban J connectivity index is 1.83. The van der Waals surface area contributed by atoms with Crippen molar-refractivity contribution < 1.29 is 9.72 Å². The third kappa shape index (κ3) is 3.14. The molecule has 1 amide bonds. The highest BCUT2D eigenvalue weighted by molar-refractivity contribution is 8.27. The number of aromatic nitrogens is 2. The Hall–Kier alpha value is -3.24. The lowest BCUT2D eigenvalue weighted by Gasteiger charge is -2.14. The van der Waals surface area contributed by atoms with E-state index < -0.39 is 4.92 Å². The van der Waals surface area contributed by atoms with Crippen molar-refractivity contribution in [1.29, 1.82) is 0 Å². The number of carbonyl (C=O) groups excluding carboxylic acids is 1. The maximum Gasteiger partial charge on any atom is 0.328 e. The normalized spacial score (nSPS) is 15.6. The first-order chi connectivity index (χ1) is 14.2. The summed E-state index contributed by atoms with van der Waals surface area (Å²) in [5, 5.41) is 11.7. The first kappa shape index (κ1) is 20.0. The zero-order valence-electron chi connectivity index (χ0n) is 16.3. The van der Waals surface area contributed by atoms with Gasteiger partial charge >= 0.3 is 5.69 Å². The number of hydrogen-bond acceptors (Lipinski definition) is 6. The summed E-state index contributed by atoms with van der Waals surface area (Å²) in [6.07, 6.45) is 1.46. The smallest absolute Gasteiger partial charge is 0.295 e. The number of imidazole rings is 1. The molecule has 0 aliphatic carbocycles. The monoisotopic (exact) mass is 440 g/mol. The SMILES string of the molecule is Cc1ccc(N2C(=O)/C(=C\c3cc4c(cc3[N+](=O)[O-])n(C)c(=O)n4C)SC2=S)cc1. The molecule has 0 bridgehead atoms. The second kappa shape index (κ2) is 7.22. The Morgan fingerprint density at radius 1 is 1.07 bits per heavy atom. The molecular weight excluding hydrogens is 424 g/mol. The van der Waals surface area contributed by atoms with E-state index in [1.54, 1.807) is 32.3 Å². The van der Waals surface area contributed by atoms with E-state index in [0.29, 0.717) is 21.0 Å². The number of carbonyl (C=O) groups is 1. The molecule has 8 nitrogen and oxygen atoms in total. The van der Waals surface area contributed by atoms with Gasteiger partial charge in [0, 0.05) is 20.2 Å². The van der Waals surface area contributed by atoms with E-state index in [-0.39, 0.29) is 27.8 Å². The standard InChI is InChI=1S/C20H16N4O4S2/c1-11-4-6-13(7-5-11)23-18(25)17(30-20(23)29)9-12-8-15-16(10-14(12)24(27)28)22(3)19(26)21(15)2/h4-10H,1-3H3/b17-9+. The predicted octanol–water partition coefficient (Wildman–Crippen LogP) is 3.50. The molecule has 0 spiro atoms. The fourth-order valence-corrected chi connectivity index (χ4v) is 4.64. The molecule has 4 rings (SSSR count).